The first kappa shape index (κ1) is 15.2. The molecule has 2 unspecified atom stereocenters. The molecule has 4 heteroatoms. The molecular weight excluding hydrogens is 278 g/mol. The Kier molecular flexibility index (Phi) is 5.58. The summed E-state index contributed by atoms with van der Waals surface area (Å²) >= 11 is 8.23. The fourth-order valence-corrected chi connectivity index (χ4v) is 3.58. The van der Waals surface area contributed by atoms with E-state index < -0.39 is 0 Å². The van der Waals surface area contributed by atoms with E-state index in [4.69, 9.17) is 16.3 Å². The Bertz CT molecular complexity index is 425. The topological polar surface area (TPSA) is 21.3 Å². The van der Waals surface area contributed by atoms with Gasteiger partial charge >= 0.3 is 0 Å². The Morgan fingerprint density at radius 3 is 2.84 bits per heavy atom. The quantitative estimate of drug-likeness (QED) is 0.884. The van der Waals surface area contributed by atoms with Gasteiger partial charge in [-0.3, -0.25) is 0 Å². The van der Waals surface area contributed by atoms with Crippen molar-refractivity contribution in [3.8, 4) is 0 Å². The van der Waals surface area contributed by atoms with Gasteiger partial charge in [-0.05, 0) is 31.0 Å². The summed E-state index contributed by atoms with van der Waals surface area (Å²) in [7, 11) is 0. The second-order valence-corrected chi connectivity index (χ2v) is 7.03. The third-order valence-corrected chi connectivity index (χ3v) is 5.12. The molecule has 1 fully saturated rings. The zero-order valence-corrected chi connectivity index (χ0v) is 13.4. The monoisotopic (exact) mass is 299 g/mol. The van der Waals surface area contributed by atoms with Gasteiger partial charge in [0.15, 0.2) is 0 Å². The van der Waals surface area contributed by atoms with Crippen molar-refractivity contribution >= 4 is 23.4 Å². The van der Waals surface area contributed by atoms with Crippen molar-refractivity contribution in [1.82, 2.24) is 5.32 Å². The minimum absolute atomic E-state index is 0.339. The predicted octanol–water partition coefficient (Wildman–Crippen LogP) is 4.11. The first-order valence-corrected chi connectivity index (χ1v) is 8.12. The maximum absolute atomic E-state index is 6.35. The van der Waals surface area contributed by atoms with Gasteiger partial charge in [0.05, 0.1) is 6.10 Å². The van der Waals surface area contributed by atoms with Gasteiger partial charge in [-0.2, -0.15) is 0 Å². The predicted molar refractivity (Wildman–Crippen MR) is 83.1 cm³/mol. The zero-order valence-electron chi connectivity index (χ0n) is 11.8. The standard InChI is InChI=1S/C15H22ClNOS/c1-10(2)17-9-12-4-5-13(8-14(12)16)19-15-6-7-18-11(15)3/h4-5,8,10-11,15,17H,6-7,9H2,1-3H3. The number of rotatable bonds is 5. The molecule has 2 nitrogen and oxygen atoms in total. The lowest BCUT2D eigenvalue weighted by Crippen LogP contribution is -2.21. The van der Waals surface area contributed by atoms with E-state index in [1.807, 2.05) is 11.8 Å². The molecule has 0 radical (unpaired) electrons. The fraction of sp³-hybridized carbons (Fsp3) is 0.600. The van der Waals surface area contributed by atoms with Crippen LogP contribution in [0.5, 0.6) is 0 Å². The average molecular weight is 300 g/mol. The average Bonchev–Trinajstić information content (AvgIpc) is 2.74. The third kappa shape index (κ3) is 4.38. The van der Waals surface area contributed by atoms with Crippen LogP contribution in [0.3, 0.4) is 0 Å². The summed E-state index contributed by atoms with van der Waals surface area (Å²) in [5.41, 5.74) is 1.16. The van der Waals surface area contributed by atoms with Crippen LogP contribution in [0.4, 0.5) is 0 Å². The Morgan fingerprint density at radius 1 is 1.47 bits per heavy atom. The number of ether oxygens (including phenoxy) is 1. The molecule has 1 saturated heterocycles. The van der Waals surface area contributed by atoms with Gasteiger partial charge in [0.25, 0.3) is 0 Å². The van der Waals surface area contributed by atoms with Gasteiger partial charge in [0.2, 0.25) is 0 Å². The molecule has 1 aliphatic heterocycles. The van der Waals surface area contributed by atoms with Crippen molar-refractivity contribution in [3.63, 3.8) is 0 Å². The number of halogens is 1. The van der Waals surface area contributed by atoms with Crippen LogP contribution in [0, 0.1) is 0 Å². The van der Waals surface area contributed by atoms with E-state index >= 15 is 0 Å². The van der Waals surface area contributed by atoms with Crippen LogP contribution >= 0.6 is 23.4 Å². The van der Waals surface area contributed by atoms with Crippen molar-refractivity contribution in [2.24, 2.45) is 0 Å². The number of nitrogens with one attached hydrogen (secondary N) is 1. The minimum Gasteiger partial charge on any atom is -0.377 e. The zero-order chi connectivity index (χ0) is 13.8. The SMILES string of the molecule is CC(C)NCc1ccc(SC2CCOC2C)cc1Cl. The molecule has 2 rings (SSSR count). The molecule has 0 bridgehead atoms. The number of hydrogen-bond acceptors (Lipinski definition) is 3. The Labute approximate surface area is 125 Å². The molecule has 1 aliphatic rings. The van der Waals surface area contributed by atoms with Crippen LogP contribution in [-0.2, 0) is 11.3 Å². The summed E-state index contributed by atoms with van der Waals surface area (Å²) < 4.78 is 5.59. The molecule has 0 saturated carbocycles. The maximum atomic E-state index is 6.35. The normalized spacial score (nSPS) is 23.2. The Morgan fingerprint density at radius 2 is 2.26 bits per heavy atom. The van der Waals surface area contributed by atoms with E-state index in [1.54, 1.807) is 0 Å². The van der Waals surface area contributed by atoms with Crippen molar-refractivity contribution in [1.29, 1.82) is 0 Å². The molecule has 0 amide bonds. The van der Waals surface area contributed by atoms with Crippen molar-refractivity contribution < 1.29 is 4.74 Å². The highest BCUT2D eigenvalue weighted by atomic mass is 35.5. The molecule has 19 heavy (non-hydrogen) atoms. The summed E-state index contributed by atoms with van der Waals surface area (Å²) in [5, 5.41) is 4.79. The first-order chi connectivity index (χ1) is 9.06. The van der Waals surface area contributed by atoms with E-state index in [0.29, 0.717) is 17.4 Å². The maximum Gasteiger partial charge on any atom is 0.0669 e. The lowest BCUT2D eigenvalue weighted by molar-refractivity contribution is 0.127. The van der Waals surface area contributed by atoms with Gasteiger partial charge in [0.1, 0.15) is 0 Å². The van der Waals surface area contributed by atoms with Crippen molar-refractivity contribution in [2.45, 2.75) is 56.0 Å². The molecule has 106 valence electrons. The summed E-state index contributed by atoms with van der Waals surface area (Å²) in [4.78, 5) is 1.24. The van der Waals surface area contributed by atoms with Gasteiger partial charge in [-0.15, -0.1) is 11.8 Å². The highest BCUT2D eigenvalue weighted by molar-refractivity contribution is 8.00. The van der Waals surface area contributed by atoms with Crippen molar-refractivity contribution in [3.05, 3.63) is 28.8 Å². The molecule has 2 atom stereocenters. The minimum atomic E-state index is 0.339. The molecule has 0 aliphatic carbocycles. The van der Waals surface area contributed by atoms with Crippen LogP contribution in [0.2, 0.25) is 5.02 Å². The first-order valence-electron chi connectivity index (χ1n) is 6.86. The summed E-state index contributed by atoms with van der Waals surface area (Å²) in [6, 6.07) is 6.84. The summed E-state index contributed by atoms with van der Waals surface area (Å²) in [6.07, 6.45) is 1.46. The lowest BCUT2D eigenvalue weighted by Gasteiger charge is -2.15. The molecule has 1 N–H and O–H groups in total. The molecular formula is C15H22ClNOS. The van der Waals surface area contributed by atoms with Crippen LogP contribution in [0.25, 0.3) is 0 Å². The second-order valence-electron chi connectivity index (χ2n) is 5.31. The highest BCUT2D eigenvalue weighted by Gasteiger charge is 2.25. The van der Waals surface area contributed by atoms with Gasteiger partial charge in [0, 0.05) is 34.4 Å². The second kappa shape index (κ2) is 6.98. The van der Waals surface area contributed by atoms with E-state index in [2.05, 4.69) is 44.3 Å². The molecule has 0 spiro atoms. The van der Waals surface area contributed by atoms with Crippen molar-refractivity contribution in [2.75, 3.05) is 6.61 Å². The van der Waals surface area contributed by atoms with E-state index in [1.165, 1.54) is 4.90 Å². The number of benzene rings is 1. The van der Waals surface area contributed by atoms with E-state index in [9.17, 15) is 0 Å². The Balaban J connectivity index is 1.98. The summed E-state index contributed by atoms with van der Waals surface area (Å²) in [6.45, 7) is 8.12. The smallest absolute Gasteiger partial charge is 0.0669 e. The molecule has 1 heterocycles. The Hall–Kier alpha value is -0.220. The lowest BCUT2D eigenvalue weighted by atomic mass is 10.2. The third-order valence-electron chi connectivity index (χ3n) is 3.32. The summed E-state index contributed by atoms with van der Waals surface area (Å²) in [5.74, 6) is 0. The highest BCUT2D eigenvalue weighted by Crippen LogP contribution is 2.34. The van der Waals surface area contributed by atoms with E-state index in [-0.39, 0.29) is 0 Å². The van der Waals surface area contributed by atoms with Gasteiger partial charge in [-0.25, -0.2) is 0 Å². The number of hydrogen-bond donors (Lipinski definition) is 1. The van der Waals surface area contributed by atoms with Gasteiger partial charge in [-0.1, -0.05) is 31.5 Å². The van der Waals surface area contributed by atoms with E-state index in [0.717, 1.165) is 30.2 Å². The molecule has 1 aromatic carbocycles. The largest absolute Gasteiger partial charge is 0.377 e. The van der Waals surface area contributed by atoms with Crippen LogP contribution in [0.1, 0.15) is 32.8 Å². The van der Waals surface area contributed by atoms with Gasteiger partial charge < -0.3 is 10.1 Å². The fourth-order valence-electron chi connectivity index (χ4n) is 2.10. The van der Waals surface area contributed by atoms with Crippen LogP contribution in [0.15, 0.2) is 23.1 Å². The molecule has 0 aromatic heterocycles. The number of thioether (sulfide) groups is 1. The van der Waals surface area contributed by atoms with Crippen LogP contribution < -0.4 is 5.32 Å². The molecule has 1 aromatic rings. The van der Waals surface area contributed by atoms with Crippen LogP contribution in [-0.4, -0.2) is 24.0 Å².